The maximum absolute atomic E-state index is 13.0. The summed E-state index contributed by atoms with van der Waals surface area (Å²) in [5.41, 5.74) is 2.01. The summed E-state index contributed by atoms with van der Waals surface area (Å²) in [5, 5.41) is 5.78. The Morgan fingerprint density at radius 2 is 2.00 bits per heavy atom. The number of carbonyl (C=O) groups excluding carboxylic acids is 3. The molecule has 30 heavy (non-hydrogen) atoms. The number of nitrogens with zero attached hydrogens (tertiary/aromatic N) is 1. The summed E-state index contributed by atoms with van der Waals surface area (Å²) < 4.78 is 6.27. The molecule has 156 valence electrons. The Labute approximate surface area is 182 Å². The molecule has 2 N–H and O–H groups in total. The molecule has 2 aromatic rings. The molecule has 4 rings (SSSR count). The Morgan fingerprint density at radius 1 is 1.23 bits per heavy atom. The molecule has 2 aromatic carbocycles. The average molecular weight is 472 g/mol. The van der Waals surface area contributed by atoms with Gasteiger partial charge < -0.3 is 20.3 Å². The minimum Gasteiger partial charge on any atom is -0.482 e. The topological polar surface area (TPSA) is 87.7 Å². The molecule has 0 spiro atoms. The average Bonchev–Trinajstić information content (AvgIpc) is 3.23. The van der Waals surface area contributed by atoms with Crippen LogP contribution in [-0.2, 0) is 9.59 Å². The second-order valence-corrected chi connectivity index (χ2v) is 8.40. The molecule has 7 nitrogen and oxygen atoms in total. The summed E-state index contributed by atoms with van der Waals surface area (Å²) in [6.45, 7) is 2.44. The third-order valence-corrected chi connectivity index (χ3v) is 5.93. The first-order valence-electron chi connectivity index (χ1n) is 9.86. The fourth-order valence-electron chi connectivity index (χ4n) is 3.80. The van der Waals surface area contributed by atoms with E-state index in [0.29, 0.717) is 30.0 Å². The van der Waals surface area contributed by atoms with Gasteiger partial charge in [0, 0.05) is 16.6 Å². The van der Waals surface area contributed by atoms with Crippen molar-refractivity contribution in [2.45, 2.75) is 31.8 Å². The lowest BCUT2D eigenvalue weighted by atomic mass is 10.1. The summed E-state index contributed by atoms with van der Waals surface area (Å²) >= 11 is 3.37. The smallest absolute Gasteiger partial charge is 0.262 e. The minimum absolute atomic E-state index is 0.00253. The fraction of sp³-hybridized carbons (Fsp3) is 0.318. The van der Waals surface area contributed by atoms with Crippen LogP contribution < -0.4 is 15.4 Å². The van der Waals surface area contributed by atoms with Gasteiger partial charge in [-0.15, -0.1) is 0 Å². The Bertz CT molecular complexity index is 992. The highest BCUT2D eigenvalue weighted by Gasteiger charge is 2.35. The maximum atomic E-state index is 13.0. The molecular formula is C22H22BrN3O4. The van der Waals surface area contributed by atoms with E-state index in [0.717, 1.165) is 16.5 Å². The molecule has 0 bridgehead atoms. The van der Waals surface area contributed by atoms with E-state index in [4.69, 9.17) is 4.74 Å². The number of rotatable bonds is 4. The molecule has 2 heterocycles. The van der Waals surface area contributed by atoms with E-state index in [2.05, 4.69) is 26.6 Å². The largest absolute Gasteiger partial charge is 0.482 e. The van der Waals surface area contributed by atoms with Gasteiger partial charge in [0.2, 0.25) is 5.91 Å². The molecule has 0 aromatic heterocycles. The zero-order chi connectivity index (χ0) is 21.3. The number of amides is 3. The molecule has 0 aliphatic carbocycles. The van der Waals surface area contributed by atoms with E-state index in [1.165, 1.54) is 0 Å². The van der Waals surface area contributed by atoms with Gasteiger partial charge in [0.1, 0.15) is 11.8 Å². The standard InChI is InChI=1S/C22H22BrN3O4/c1-13(15-6-9-19-17(11-15)25-20(27)12-30-19)24-21(28)18-3-2-10-26(18)22(29)14-4-7-16(23)8-5-14/h4-9,11,13,18H,2-3,10,12H2,1H3,(H,24,28)(H,25,27). The number of benzene rings is 2. The summed E-state index contributed by atoms with van der Waals surface area (Å²) in [6, 6.07) is 11.8. The van der Waals surface area contributed by atoms with Crippen LogP contribution >= 0.6 is 15.9 Å². The van der Waals surface area contributed by atoms with Gasteiger partial charge in [0.25, 0.3) is 11.8 Å². The van der Waals surface area contributed by atoms with Crippen LogP contribution in [0.15, 0.2) is 46.9 Å². The first-order valence-corrected chi connectivity index (χ1v) is 10.6. The maximum Gasteiger partial charge on any atom is 0.262 e. The lowest BCUT2D eigenvalue weighted by molar-refractivity contribution is -0.125. The molecule has 0 saturated carbocycles. The molecule has 0 radical (unpaired) electrons. The Kier molecular flexibility index (Phi) is 5.76. The van der Waals surface area contributed by atoms with E-state index >= 15 is 0 Å². The normalized spacial score (nSPS) is 18.8. The summed E-state index contributed by atoms with van der Waals surface area (Å²) in [6.07, 6.45) is 1.42. The third-order valence-electron chi connectivity index (χ3n) is 5.40. The molecule has 2 aliphatic heterocycles. The third kappa shape index (κ3) is 4.18. The van der Waals surface area contributed by atoms with E-state index in [9.17, 15) is 14.4 Å². The van der Waals surface area contributed by atoms with Crippen molar-refractivity contribution >= 4 is 39.3 Å². The van der Waals surface area contributed by atoms with Crippen molar-refractivity contribution in [3.63, 3.8) is 0 Å². The Hall–Kier alpha value is -2.87. The van der Waals surface area contributed by atoms with Crippen LogP contribution in [-0.4, -0.2) is 41.8 Å². The number of ether oxygens (including phenoxy) is 1. The molecule has 2 aliphatic rings. The van der Waals surface area contributed by atoms with Crippen LogP contribution in [0.2, 0.25) is 0 Å². The van der Waals surface area contributed by atoms with E-state index in [1.54, 1.807) is 29.2 Å². The van der Waals surface area contributed by atoms with Crippen molar-refractivity contribution in [1.82, 2.24) is 10.2 Å². The Balaban J connectivity index is 1.45. The van der Waals surface area contributed by atoms with Gasteiger partial charge in [-0.25, -0.2) is 0 Å². The predicted molar refractivity (Wildman–Crippen MR) is 115 cm³/mol. The highest BCUT2D eigenvalue weighted by atomic mass is 79.9. The second kappa shape index (κ2) is 8.47. The molecule has 8 heteroatoms. The monoisotopic (exact) mass is 471 g/mol. The van der Waals surface area contributed by atoms with Crippen molar-refractivity contribution in [3.05, 3.63) is 58.1 Å². The van der Waals surface area contributed by atoms with Crippen LogP contribution in [0.4, 0.5) is 5.69 Å². The van der Waals surface area contributed by atoms with Crippen molar-refractivity contribution in [2.75, 3.05) is 18.5 Å². The van der Waals surface area contributed by atoms with Crippen LogP contribution in [0.25, 0.3) is 0 Å². The number of halogens is 1. The summed E-state index contributed by atoms with van der Waals surface area (Å²) in [7, 11) is 0. The number of likely N-dealkylation sites (tertiary alicyclic amines) is 1. The van der Waals surface area contributed by atoms with Crippen LogP contribution in [0.1, 0.15) is 41.7 Å². The van der Waals surface area contributed by atoms with E-state index in [1.807, 2.05) is 25.1 Å². The highest BCUT2D eigenvalue weighted by molar-refractivity contribution is 9.10. The van der Waals surface area contributed by atoms with Crippen molar-refractivity contribution in [2.24, 2.45) is 0 Å². The summed E-state index contributed by atoms with van der Waals surface area (Å²) in [4.78, 5) is 39.1. The molecule has 1 saturated heterocycles. The van der Waals surface area contributed by atoms with E-state index in [-0.39, 0.29) is 30.4 Å². The van der Waals surface area contributed by atoms with Crippen molar-refractivity contribution < 1.29 is 19.1 Å². The van der Waals surface area contributed by atoms with Gasteiger partial charge in [-0.1, -0.05) is 22.0 Å². The van der Waals surface area contributed by atoms with Gasteiger partial charge in [0.15, 0.2) is 6.61 Å². The molecule has 2 atom stereocenters. The number of carbonyl (C=O) groups is 3. The number of hydrogen-bond acceptors (Lipinski definition) is 4. The number of hydrogen-bond donors (Lipinski definition) is 2. The number of anilines is 1. The fourth-order valence-corrected chi connectivity index (χ4v) is 4.07. The number of nitrogens with one attached hydrogen (secondary N) is 2. The van der Waals surface area contributed by atoms with Crippen LogP contribution in [0.5, 0.6) is 5.75 Å². The SMILES string of the molecule is CC(NC(=O)C1CCCN1C(=O)c1ccc(Br)cc1)c1ccc2c(c1)NC(=O)CO2. The van der Waals surface area contributed by atoms with Gasteiger partial charge in [-0.2, -0.15) is 0 Å². The van der Waals surface area contributed by atoms with Gasteiger partial charge >= 0.3 is 0 Å². The predicted octanol–water partition coefficient (Wildman–Crippen LogP) is 3.26. The summed E-state index contributed by atoms with van der Waals surface area (Å²) in [5.74, 6) is 0.0910. The van der Waals surface area contributed by atoms with Gasteiger partial charge in [-0.05, 0) is 61.7 Å². The molecular weight excluding hydrogens is 450 g/mol. The van der Waals surface area contributed by atoms with Crippen LogP contribution in [0.3, 0.4) is 0 Å². The Morgan fingerprint density at radius 3 is 2.77 bits per heavy atom. The van der Waals surface area contributed by atoms with Gasteiger partial charge in [0.05, 0.1) is 11.7 Å². The zero-order valence-corrected chi connectivity index (χ0v) is 18.1. The van der Waals surface area contributed by atoms with Crippen LogP contribution in [0, 0.1) is 0 Å². The second-order valence-electron chi connectivity index (χ2n) is 7.49. The van der Waals surface area contributed by atoms with Crippen molar-refractivity contribution in [3.8, 4) is 5.75 Å². The minimum atomic E-state index is -0.496. The van der Waals surface area contributed by atoms with Gasteiger partial charge in [-0.3, -0.25) is 14.4 Å². The molecule has 2 unspecified atom stereocenters. The zero-order valence-electron chi connectivity index (χ0n) is 16.5. The van der Waals surface area contributed by atoms with Crippen molar-refractivity contribution in [1.29, 1.82) is 0 Å². The van der Waals surface area contributed by atoms with E-state index < -0.39 is 6.04 Å². The highest BCUT2D eigenvalue weighted by Crippen LogP contribution is 2.31. The quantitative estimate of drug-likeness (QED) is 0.716. The number of fused-ring (bicyclic) bond motifs is 1. The lowest BCUT2D eigenvalue weighted by Gasteiger charge is -2.26. The lowest BCUT2D eigenvalue weighted by Crippen LogP contribution is -2.46. The first kappa shape index (κ1) is 20.4. The first-order chi connectivity index (χ1) is 14.4. The molecule has 1 fully saturated rings. The molecule has 3 amide bonds.